The predicted molar refractivity (Wildman–Crippen MR) is 218 cm³/mol. The summed E-state index contributed by atoms with van der Waals surface area (Å²) in [4.78, 5) is 10.5. The fourth-order valence-electron chi connectivity index (χ4n) is 7.35. The summed E-state index contributed by atoms with van der Waals surface area (Å²) in [7, 11) is 3.16. The van der Waals surface area contributed by atoms with Crippen LogP contribution < -0.4 is 5.32 Å². The van der Waals surface area contributed by atoms with Gasteiger partial charge >= 0.3 is 0 Å². The standard InChI is InChI=1S/C26H55N.C17H34O3.CH4O/c1-4-6-8-10-12-14-16-18-20-22-24-26(27-3)25-23-21-19-17-15-13-11-9-7-5-2;1-14(2)9-10-19-16(5,6)11-15(3,4)12-17(7,8)20-13-18;1-2/h26-27H,4-25H2,1-3H3;13-14H,9-12H2,1-8H3;2H,1H3. The molecule has 0 aliphatic carbocycles. The fourth-order valence-corrected chi connectivity index (χ4v) is 7.35. The van der Waals surface area contributed by atoms with Crippen molar-refractivity contribution in [2.24, 2.45) is 11.3 Å². The van der Waals surface area contributed by atoms with Crippen LogP contribution in [0, 0.1) is 11.3 Å². The van der Waals surface area contributed by atoms with Crippen molar-refractivity contribution in [3.05, 3.63) is 0 Å². The number of aliphatic hydroxyl groups excluding tert-OH is 1. The van der Waals surface area contributed by atoms with Gasteiger partial charge in [-0.3, -0.25) is 4.79 Å². The monoisotopic (exact) mass is 700 g/mol. The highest BCUT2D eigenvalue weighted by Crippen LogP contribution is 2.38. The summed E-state index contributed by atoms with van der Waals surface area (Å²) in [5.41, 5.74) is -0.539. The second kappa shape index (κ2) is 35.7. The number of aliphatic hydroxyl groups is 1. The van der Waals surface area contributed by atoms with E-state index >= 15 is 0 Å². The molecule has 0 aliphatic rings. The molecule has 0 spiro atoms. The molecule has 0 fully saturated rings. The van der Waals surface area contributed by atoms with E-state index in [2.05, 4.69) is 67.8 Å². The molecule has 0 atom stereocenters. The second-order valence-corrected chi connectivity index (χ2v) is 17.2. The maximum atomic E-state index is 10.5. The van der Waals surface area contributed by atoms with Gasteiger partial charge in [0.05, 0.1) is 5.60 Å². The van der Waals surface area contributed by atoms with E-state index in [9.17, 15) is 4.79 Å². The Kier molecular flexibility index (Phi) is 38.4. The van der Waals surface area contributed by atoms with E-state index < -0.39 is 5.60 Å². The Morgan fingerprint density at radius 3 is 1.24 bits per heavy atom. The molecule has 5 heteroatoms. The van der Waals surface area contributed by atoms with Crippen LogP contribution in [0.15, 0.2) is 0 Å². The molecule has 5 nitrogen and oxygen atoms in total. The first-order valence-corrected chi connectivity index (χ1v) is 21.1. The first-order valence-electron chi connectivity index (χ1n) is 21.1. The predicted octanol–water partition coefficient (Wildman–Crippen LogP) is 13.4. The first kappa shape index (κ1) is 52.7. The lowest BCUT2D eigenvalue weighted by atomic mass is 9.74. The van der Waals surface area contributed by atoms with Gasteiger partial charge in [-0.2, -0.15) is 0 Å². The van der Waals surface area contributed by atoms with Gasteiger partial charge in [0.1, 0.15) is 5.60 Å². The largest absolute Gasteiger partial charge is 0.462 e. The van der Waals surface area contributed by atoms with Crippen molar-refractivity contribution in [1.82, 2.24) is 5.32 Å². The summed E-state index contributed by atoms with van der Waals surface area (Å²) in [6.45, 7) is 23.0. The number of carbonyl (C=O) groups excluding carboxylic acids is 1. The lowest BCUT2D eigenvalue weighted by molar-refractivity contribution is -0.144. The van der Waals surface area contributed by atoms with Gasteiger partial charge < -0.3 is 19.9 Å². The molecule has 0 saturated carbocycles. The Bertz CT molecular complexity index is 637. The average molecular weight is 700 g/mol. The van der Waals surface area contributed by atoms with E-state index in [1.807, 2.05) is 13.8 Å². The number of ether oxygens (including phenoxy) is 2. The lowest BCUT2D eigenvalue weighted by Crippen LogP contribution is -2.37. The molecule has 0 heterocycles. The number of unbranched alkanes of at least 4 members (excludes halogenated alkanes) is 18. The smallest absolute Gasteiger partial charge is 0.293 e. The molecule has 49 heavy (non-hydrogen) atoms. The van der Waals surface area contributed by atoms with Crippen LogP contribution in [0.1, 0.15) is 230 Å². The van der Waals surface area contributed by atoms with Crippen molar-refractivity contribution in [1.29, 1.82) is 0 Å². The fraction of sp³-hybridized carbons (Fsp3) is 0.977. The molecule has 0 bridgehead atoms. The van der Waals surface area contributed by atoms with Gasteiger partial charge in [0.25, 0.3) is 6.47 Å². The minimum Gasteiger partial charge on any atom is -0.462 e. The molecule has 0 amide bonds. The minimum absolute atomic E-state index is 0.0494. The van der Waals surface area contributed by atoms with Gasteiger partial charge in [-0.1, -0.05) is 170 Å². The Labute approximate surface area is 309 Å². The van der Waals surface area contributed by atoms with E-state index in [4.69, 9.17) is 14.6 Å². The molecule has 2 N–H and O–H groups in total. The third kappa shape index (κ3) is 41.7. The Balaban J connectivity index is -0.000000855. The van der Waals surface area contributed by atoms with E-state index in [0.717, 1.165) is 39.0 Å². The number of hydrogen-bond acceptors (Lipinski definition) is 5. The van der Waals surface area contributed by atoms with Crippen LogP contribution in [0.3, 0.4) is 0 Å². The zero-order valence-electron chi connectivity index (χ0n) is 35.8. The number of nitrogens with one attached hydrogen (secondary N) is 1. The highest BCUT2D eigenvalue weighted by molar-refractivity contribution is 5.38. The van der Waals surface area contributed by atoms with Crippen molar-refractivity contribution in [2.75, 3.05) is 20.8 Å². The molecular formula is C44H93NO4. The van der Waals surface area contributed by atoms with Crippen LogP contribution in [0.25, 0.3) is 0 Å². The molecule has 0 unspecified atom stereocenters. The van der Waals surface area contributed by atoms with E-state index in [1.165, 1.54) is 141 Å². The molecule has 0 saturated heterocycles. The van der Waals surface area contributed by atoms with Crippen molar-refractivity contribution in [2.45, 2.75) is 247 Å². The van der Waals surface area contributed by atoms with Crippen molar-refractivity contribution < 1.29 is 19.4 Å². The van der Waals surface area contributed by atoms with Gasteiger partial charge in [-0.05, 0) is 78.2 Å². The van der Waals surface area contributed by atoms with Crippen molar-refractivity contribution in [3.8, 4) is 0 Å². The summed E-state index contributed by atoms with van der Waals surface area (Å²) in [5, 5.41) is 10.6. The molecule has 0 rings (SSSR count). The normalized spacial score (nSPS) is 12.1. The van der Waals surface area contributed by atoms with Gasteiger partial charge in [0.15, 0.2) is 0 Å². The van der Waals surface area contributed by atoms with Gasteiger partial charge in [-0.15, -0.1) is 0 Å². The van der Waals surface area contributed by atoms with Crippen LogP contribution in [0.4, 0.5) is 0 Å². The average Bonchev–Trinajstić information content (AvgIpc) is 3.01. The first-order chi connectivity index (χ1) is 23.2. The highest BCUT2D eigenvalue weighted by Gasteiger charge is 2.35. The summed E-state index contributed by atoms with van der Waals surface area (Å²) in [5.74, 6) is 0.665. The minimum atomic E-state index is -0.431. The Hall–Kier alpha value is -0.650. The molecule has 0 aromatic rings. The summed E-state index contributed by atoms with van der Waals surface area (Å²) in [6.07, 6.45) is 34.6. The Morgan fingerprint density at radius 1 is 0.571 bits per heavy atom. The maximum absolute atomic E-state index is 10.5. The molecule has 298 valence electrons. The molecule has 0 aromatic carbocycles. The second-order valence-electron chi connectivity index (χ2n) is 17.2. The SMILES string of the molecule is CC(C)CCOC(C)(C)CC(C)(C)CC(C)(C)OC=O.CCCCCCCCCCCCC(CCCCCCCCCCCC)NC.CO. The molecule has 0 aromatic heterocycles. The van der Waals surface area contributed by atoms with Crippen LogP contribution in [-0.2, 0) is 14.3 Å². The topological polar surface area (TPSA) is 67.8 Å². The highest BCUT2D eigenvalue weighted by atomic mass is 16.5. The number of hydrogen-bond donors (Lipinski definition) is 2. The van der Waals surface area contributed by atoms with E-state index in [1.54, 1.807) is 0 Å². The van der Waals surface area contributed by atoms with Gasteiger partial charge in [0.2, 0.25) is 0 Å². The molecule has 0 radical (unpaired) electrons. The van der Waals surface area contributed by atoms with Gasteiger partial charge in [0, 0.05) is 19.8 Å². The third-order valence-corrected chi connectivity index (χ3v) is 9.58. The lowest BCUT2D eigenvalue weighted by Gasteiger charge is -2.39. The maximum Gasteiger partial charge on any atom is 0.293 e. The zero-order chi connectivity index (χ0) is 37.9. The van der Waals surface area contributed by atoms with Crippen LogP contribution in [0.2, 0.25) is 0 Å². The zero-order valence-corrected chi connectivity index (χ0v) is 35.8. The number of carbonyl (C=O) groups is 1. The Morgan fingerprint density at radius 2 is 0.918 bits per heavy atom. The quantitative estimate of drug-likeness (QED) is 0.0527. The van der Waals surface area contributed by atoms with E-state index in [0.29, 0.717) is 12.4 Å². The number of rotatable bonds is 33. The molecular weight excluding hydrogens is 606 g/mol. The summed E-state index contributed by atoms with van der Waals surface area (Å²) >= 11 is 0. The summed E-state index contributed by atoms with van der Waals surface area (Å²) < 4.78 is 11.2. The van der Waals surface area contributed by atoms with Crippen molar-refractivity contribution >= 4 is 6.47 Å². The van der Waals surface area contributed by atoms with Crippen LogP contribution >= 0.6 is 0 Å². The molecule has 0 aliphatic heterocycles. The van der Waals surface area contributed by atoms with Crippen molar-refractivity contribution in [3.63, 3.8) is 0 Å². The van der Waals surface area contributed by atoms with Crippen LogP contribution in [0.5, 0.6) is 0 Å². The van der Waals surface area contributed by atoms with Crippen LogP contribution in [-0.4, -0.2) is 49.6 Å². The third-order valence-electron chi connectivity index (χ3n) is 9.58. The summed E-state index contributed by atoms with van der Waals surface area (Å²) in [6, 6.07) is 0.771. The van der Waals surface area contributed by atoms with E-state index in [-0.39, 0.29) is 11.0 Å². The van der Waals surface area contributed by atoms with Gasteiger partial charge in [-0.25, -0.2) is 0 Å².